The summed E-state index contributed by atoms with van der Waals surface area (Å²) < 4.78 is 63.9. The Morgan fingerprint density at radius 3 is 2.28 bits per heavy atom. The van der Waals surface area contributed by atoms with Crippen molar-refractivity contribution in [3.63, 3.8) is 0 Å². The van der Waals surface area contributed by atoms with Crippen molar-refractivity contribution in [2.75, 3.05) is 13.2 Å². The molecule has 2 fully saturated rings. The van der Waals surface area contributed by atoms with Crippen molar-refractivity contribution in [2.24, 2.45) is 16.7 Å². The zero-order valence-electron chi connectivity index (χ0n) is 13.6. The van der Waals surface area contributed by atoms with Crippen LogP contribution in [0.1, 0.15) is 33.1 Å². The number of hydrogen-bond acceptors (Lipinski definition) is 7. The molecule has 25 heavy (non-hydrogen) atoms. The third kappa shape index (κ3) is 2.82. The maximum absolute atomic E-state index is 13.0. The molecule has 1 N–H and O–H groups in total. The van der Waals surface area contributed by atoms with Gasteiger partial charge in [-0.25, -0.2) is 4.79 Å². The second kappa shape index (κ2) is 5.97. The first-order chi connectivity index (χ1) is 11.3. The second-order valence-corrected chi connectivity index (χ2v) is 8.22. The van der Waals surface area contributed by atoms with Gasteiger partial charge in [0.15, 0.2) is 5.78 Å². The van der Waals surface area contributed by atoms with Gasteiger partial charge in [0.1, 0.15) is 18.6 Å². The van der Waals surface area contributed by atoms with Crippen LogP contribution in [-0.4, -0.2) is 49.2 Å². The lowest BCUT2D eigenvalue weighted by Gasteiger charge is -2.33. The van der Waals surface area contributed by atoms with Crippen molar-refractivity contribution >= 4 is 27.8 Å². The minimum atomic E-state index is -5.96. The molecule has 142 valence electrons. The molecule has 0 aromatic rings. The van der Waals surface area contributed by atoms with Gasteiger partial charge in [-0.2, -0.15) is 17.2 Å². The number of esters is 2. The van der Waals surface area contributed by atoms with Crippen LogP contribution in [0, 0.1) is 16.7 Å². The maximum Gasteiger partial charge on any atom is 0.465 e. The fourth-order valence-corrected chi connectivity index (χ4v) is 4.01. The van der Waals surface area contributed by atoms with Crippen molar-refractivity contribution in [3.8, 4) is 0 Å². The van der Waals surface area contributed by atoms with E-state index >= 15 is 0 Å². The Hall–Kier alpha value is -1.62. The lowest BCUT2D eigenvalue weighted by Crippen LogP contribution is -2.45. The number of carbonyl (C=O) groups excluding carboxylic acids is 3. The molecule has 2 bridgehead atoms. The molecule has 8 nitrogen and oxygen atoms in total. The summed E-state index contributed by atoms with van der Waals surface area (Å²) in [6.45, 7) is 2.12. The molecule has 0 aromatic heterocycles. The van der Waals surface area contributed by atoms with Crippen LogP contribution < -0.4 is 0 Å². The van der Waals surface area contributed by atoms with Crippen LogP contribution in [0.2, 0.25) is 0 Å². The van der Waals surface area contributed by atoms with Gasteiger partial charge < -0.3 is 9.47 Å². The summed E-state index contributed by atoms with van der Waals surface area (Å²) in [5.74, 6) is -3.45. The fraction of sp³-hybridized carbons (Fsp3) is 0.786. The van der Waals surface area contributed by atoms with Crippen LogP contribution in [0.3, 0.4) is 0 Å². The van der Waals surface area contributed by atoms with E-state index in [2.05, 4.69) is 4.74 Å². The average Bonchev–Trinajstić information content (AvgIpc) is 2.84. The van der Waals surface area contributed by atoms with E-state index in [9.17, 15) is 31.6 Å². The van der Waals surface area contributed by atoms with Gasteiger partial charge in [-0.15, -0.1) is 0 Å². The van der Waals surface area contributed by atoms with Crippen LogP contribution in [0.25, 0.3) is 0 Å². The normalized spacial score (nSPS) is 28.0. The predicted octanol–water partition coefficient (Wildman–Crippen LogP) is 0.949. The first kappa shape index (κ1) is 19.7. The molecule has 2 atom stereocenters. The SMILES string of the molecule is CC1(C)C2CCC1(C(=O)OCCOC(=O)C(F)(F)S(=O)(=O)O)C(=O)C2. The molecule has 0 saturated heterocycles. The summed E-state index contributed by atoms with van der Waals surface area (Å²) in [4.78, 5) is 35.6. The molecule has 0 heterocycles. The van der Waals surface area contributed by atoms with Gasteiger partial charge in [0.2, 0.25) is 0 Å². The molecular weight excluding hydrogens is 366 g/mol. The largest absolute Gasteiger partial charge is 0.465 e. The molecule has 11 heteroatoms. The number of fused-ring (bicyclic) bond motifs is 2. The molecule has 2 rings (SSSR count). The highest BCUT2D eigenvalue weighted by atomic mass is 32.2. The Balaban J connectivity index is 1.92. The van der Waals surface area contributed by atoms with Crippen molar-refractivity contribution < 1.29 is 45.6 Å². The average molecular weight is 384 g/mol. The van der Waals surface area contributed by atoms with E-state index in [1.807, 2.05) is 0 Å². The van der Waals surface area contributed by atoms with Gasteiger partial charge in [-0.3, -0.25) is 14.1 Å². The van der Waals surface area contributed by atoms with Crippen LogP contribution >= 0.6 is 0 Å². The number of ether oxygens (including phenoxy) is 2. The quantitative estimate of drug-likeness (QED) is 0.311. The van der Waals surface area contributed by atoms with E-state index in [4.69, 9.17) is 9.29 Å². The highest BCUT2D eigenvalue weighted by Gasteiger charge is 2.69. The smallest absolute Gasteiger partial charge is 0.461 e. The monoisotopic (exact) mass is 384 g/mol. The van der Waals surface area contributed by atoms with Crippen molar-refractivity contribution in [2.45, 2.75) is 38.4 Å². The number of Topliss-reactive ketones (excluding diaryl/α,β-unsaturated/α-hetero) is 1. The van der Waals surface area contributed by atoms with Gasteiger partial charge in [0.05, 0.1) is 0 Å². The first-order valence-corrected chi connectivity index (χ1v) is 8.95. The Morgan fingerprint density at radius 2 is 1.84 bits per heavy atom. The van der Waals surface area contributed by atoms with E-state index < -0.39 is 51.4 Å². The minimum absolute atomic E-state index is 0.0684. The van der Waals surface area contributed by atoms with E-state index in [-0.39, 0.29) is 18.1 Å². The molecule has 2 aliphatic carbocycles. The lowest BCUT2D eigenvalue weighted by molar-refractivity contribution is -0.171. The standard InChI is InChI=1S/C14H18F2O8S/c1-12(2)8-3-4-13(12,9(17)7-8)10(18)23-5-6-24-11(19)14(15,16)25(20,21)22/h8H,3-7H2,1-2H3,(H,20,21,22). The Labute approximate surface area is 142 Å². The Bertz CT molecular complexity index is 714. The minimum Gasteiger partial charge on any atom is -0.461 e. The molecule has 0 aromatic carbocycles. The second-order valence-electron chi connectivity index (χ2n) is 6.75. The van der Waals surface area contributed by atoms with Crippen LogP contribution in [0.4, 0.5) is 8.78 Å². The third-order valence-electron chi connectivity index (χ3n) is 5.36. The number of halogens is 2. The highest BCUT2D eigenvalue weighted by molar-refractivity contribution is 7.87. The highest BCUT2D eigenvalue weighted by Crippen LogP contribution is 2.64. The van der Waals surface area contributed by atoms with Crippen molar-refractivity contribution in [1.82, 2.24) is 0 Å². The summed E-state index contributed by atoms with van der Waals surface area (Å²) >= 11 is 0. The van der Waals surface area contributed by atoms with E-state index in [0.717, 1.165) is 0 Å². The zero-order valence-corrected chi connectivity index (χ0v) is 14.4. The first-order valence-electron chi connectivity index (χ1n) is 7.51. The predicted molar refractivity (Wildman–Crippen MR) is 77.0 cm³/mol. The summed E-state index contributed by atoms with van der Waals surface area (Å²) in [6, 6.07) is 0. The van der Waals surface area contributed by atoms with E-state index in [1.165, 1.54) is 0 Å². The van der Waals surface area contributed by atoms with Gasteiger partial charge in [0, 0.05) is 6.42 Å². The summed E-state index contributed by atoms with van der Waals surface area (Å²) in [7, 11) is -5.96. The number of alkyl halides is 2. The molecule has 2 saturated carbocycles. The van der Waals surface area contributed by atoms with Crippen molar-refractivity contribution in [1.29, 1.82) is 0 Å². The van der Waals surface area contributed by atoms with Gasteiger partial charge in [-0.1, -0.05) is 13.8 Å². The molecule has 2 aliphatic rings. The van der Waals surface area contributed by atoms with Gasteiger partial charge in [-0.05, 0) is 24.2 Å². The van der Waals surface area contributed by atoms with E-state index in [0.29, 0.717) is 12.8 Å². The number of hydrogen-bond donors (Lipinski definition) is 1. The van der Waals surface area contributed by atoms with E-state index in [1.54, 1.807) is 13.8 Å². The number of rotatable bonds is 6. The third-order valence-corrected chi connectivity index (χ3v) is 6.17. The Morgan fingerprint density at radius 1 is 1.28 bits per heavy atom. The molecular formula is C14H18F2O8S. The van der Waals surface area contributed by atoms with Gasteiger partial charge >= 0.3 is 27.3 Å². The van der Waals surface area contributed by atoms with Crippen LogP contribution in [0.5, 0.6) is 0 Å². The van der Waals surface area contributed by atoms with Crippen LogP contribution in [-0.2, 0) is 34.0 Å². The van der Waals surface area contributed by atoms with Crippen molar-refractivity contribution in [3.05, 3.63) is 0 Å². The summed E-state index contributed by atoms with van der Waals surface area (Å²) in [5, 5.41) is -5.11. The lowest BCUT2D eigenvalue weighted by atomic mass is 9.69. The number of ketones is 1. The topological polar surface area (TPSA) is 124 Å². The molecule has 0 aliphatic heterocycles. The molecule has 0 radical (unpaired) electrons. The molecule has 0 amide bonds. The van der Waals surface area contributed by atoms with Gasteiger partial charge in [0.25, 0.3) is 0 Å². The fourth-order valence-electron chi connectivity index (χ4n) is 3.74. The molecule has 0 spiro atoms. The summed E-state index contributed by atoms with van der Waals surface area (Å²) in [5.41, 5.74) is -1.88. The molecule has 2 unspecified atom stereocenters. The zero-order chi connectivity index (χ0) is 19.3. The Kier molecular flexibility index (Phi) is 4.71. The maximum atomic E-state index is 13.0. The number of carbonyl (C=O) groups is 3. The van der Waals surface area contributed by atoms with Crippen LogP contribution in [0.15, 0.2) is 0 Å². The summed E-state index contributed by atoms with van der Waals surface area (Å²) in [6.07, 6.45) is 1.31.